The Morgan fingerprint density at radius 3 is 2.54 bits per heavy atom. The van der Waals surface area contributed by atoms with E-state index in [0.717, 1.165) is 12.3 Å². The van der Waals surface area contributed by atoms with E-state index in [1.165, 1.54) is 16.8 Å². The van der Waals surface area contributed by atoms with Crippen LogP contribution in [0.5, 0.6) is 0 Å². The van der Waals surface area contributed by atoms with Crippen LogP contribution in [0.25, 0.3) is 0 Å². The Morgan fingerprint density at radius 2 is 2.00 bits per heavy atom. The van der Waals surface area contributed by atoms with Crippen LogP contribution in [0.2, 0.25) is 0 Å². The second-order valence-electron chi connectivity index (χ2n) is 3.44. The van der Waals surface area contributed by atoms with Crippen LogP contribution in [0.1, 0.15) is 11.1 Å². The molecular formula is C11H17NS. The first-order valence-electron chi connectivity index (χ1n) is 4.54. The molecule has 0 unspecified atom stereocenters. The van der Waals surface area contributed by atoms with Gasteiger partial charge in [0.1, 0.15) is 0 Å². The summed E-state index contributed by atoms with van der Waals surface area (Å²) in [5.74, 6) is 0.893. The third kappa shape index (κ3) is 2.66. The van der Waals surface area contributed by atoms with E-state index in [4.69, 9.17) is 0 Å². The smallest absolute Gasteiger partial charge is 0.0393 e. The zero-order chi connectivity index (χ0) is 9.84. The van der Waals surface area contributed by atoms with Crippen LogP contribution < -0.4 is 4.90 Å². The Hall–Kier alpha value is -0.630. The summed E-state index contributed by atoms with van der Waals surface area (Å²) >= 11 is 4.22. The minimum atomic E-state index is 0.893. The molecule has 72 valence electrons. The summed E-state index contributed by atoms with van der Waals surface area (Å²) in [4.78, 5) is 2.24. The van der Waals surface area contributed by atoms with Gasteiger partial charge in [-0.25, -0.2) is 0 Å². The van der Waals surface area contributed by atoms with E-state index in [9.17, 15) is 0 Å². The first kappa shape index (κ1) is 10.5. The van der Waals surface area contributed by atoms with Crippen LogP contribution in [0.15, 0.2) is 18.2 Å². The lowest BCUT2D eigenvalue weighted by atomic mass is 10.1. The third-order valence-corrected chi connectivity index (χ3v) is 2.40. The van der Waals surface area contributed by atoms with Crippen LogP contribution in [0.3, 0.4) is 0 Å². The summed E-state index contributed by atoms with van der Waals surface area (Å²) in [5, 5.41) is 0. The van der Waals surface area contributed by atoms with Gasteiger partial charge in [-0.1, -0.05) is 17.7 Å². The molecule has 0 saturated carbocycles. The Morgan fingerprint density at radius 1 is 1.31 bits per heavy atom. The molecule has 0 aromatic heterocycles. The molecule has 0 aliphatic heterocycles. The molecule has 0 radical (unpaired) electrons. The summed E-state index contributed by atoms with van der Waals surface area (Å²) in [7, 11) is 2.11. The van der Waals surface area contributed by atoms with E-state index in [1.807, 2.05) is 0 Å². The van der Waals surface area contributed by atoms with Gasteiger partial charge >= 0.3 is 0 Å². The van der Waals surface area contributed by atoms with Gasteiger partial charge in [-0.2, -0.15) is 12.6 Å². The van der Waals surface area contributed by atoms with Gasteiger partial charge in [0.05, 0.1) is 0 Å². The molecule has 0 aliphatic carbocycles. The fourth-order valence-corrected chi connectivity index (χ4v) is 1.80. The zero-order valence-corrected chi connectivity index (χ0v) is 9.44. The molecule has 0 heterocycles. The van der Waals surface area contributed by atoms with E-state index >= 15 is 0 Å². The molecule has 13 heavy (non-hydrogen) atoms. The van der Waals surface area contributed by atoms with Crippen molar-refractivity contribution in [1.82, 2.24) is 0 Å². The second-order valence-corrected chi connectivity index (χ2v) is 3.88. The third-order valence-electron chi connectivity index (χ3n) is 2.20. The van der Waals surface area contributed by atoms with Gasteiger partial charge in [0.25, 0.3) is 0 Å². The lowest BCUT2D eigenvalue weighted by Gasteiger charge is -2.20. The minimum Gasteiger partial charge on any atom is -0.374 e. The van der Waals surface area contributed by atoms with Crippen molar-refractivity contribution in [2.45, 2.75) is 13.8 Å². The van der Waals surface area contributed by atoms with Crippen LogP contribution >= 0.6 is 12.6 Å². The molecule has 0 aliphatic rings. The molecule has 0 saturated heterocycles. The molecule has 0 bridgehead atoms. The van der Waals surface area contributed by atoms with Crippen LogP contribution in [0.4, 0.5) is 5.69 Å². The highest BCUT2D eigenvalue weighted by atomic mass is 32.1. The normalized spacial score (nSPS) is 10.2. The molecular weight excluding hydrogens is 178 g/mol. The Balaban J connectivity index is 2.88. The van der Waals surface area contributed by atoms with Crippen molar-refractivity contribution in [2.75, 3.05) is 24.2 Å². The number of rotatable bonds is 3. The number of hydrogen-bond acceptors (Lipinski definition) is 2. The van der Waals surface area contributed by atoms with Crippen molar-refractivity contribution in [2.24, 2.45) is 0 Å². The minimum absolute atomic E-state index is 0.893. The molecule has 2 heteroatoms. The lowest BCUT2D eigenvalue weighted by Crippen LogP contribution is -2.20. The Bertz CT molecular complexity index is 283. The molecule has 0 N–H and O–H groups in total. The van der Waals surface area contributed by atoms with E-state index in [1.54, 1.807) is 0 Å². The highest BCUT2D eigenvalue weighted by Crippen LogP contribution is 2.19. The van der Waals surface area contributed by atoms with E-state index in [2.05, 4.69) is 56.6 Å². The monoisotopic (exact) mass is 195 g/mol. The molecule has 0 fully saturated rings. The van der Waals surface area contributed by atoms with Gasteiger partial charge in [-0.3, -0.25) is 0 Å². The second kappa shape index (κ2) is 4.56. The first-order valence-corrected chi connectivity index (χ1v) is 5.17. The van der Waals surface area contributed by atoms with E-state index < -0.39 is 0 Å². The summed E-state index contributed by atoms with van der Waals surface area (Å²) in [6.07, 6.45) is 0. The summed E-state index contributed by atoms with van der Waals surface area (Å²) in [6.45, 7) is 5.26. The molecule has 0 amide bonds. The first-order chi connectivity index (χ1) is 6.15. The summed E-state index contributed by atoms with van der Waals surface area (Å²) in [5.41, 5.74) is 3.96. The lowest BCUT2D eigenvalue weighted by molar-refractivity contribution is 0.971. The zero-order valence-electron chi connectivity index (χ0n) is 8.54. The predicted molar refractivity (Wildman–Crippen MR) is 63.0 cm³/mol. The van der Waals surface area contributed by atoms with Crippen LogP contribution in [-0.4, -0.2) is 19.3 Å². The largest absolute Gasteiger partial charge is 0.374 e. The highest BCUT2D eigenvalue weighted by molar-refractivity contribution is 7.80. The van der Waals surface area contributed by atoms with Gasteiger partial charge in [0.2, 0.25) is 0 Å². The van der Waals surface area contributed by atoms with E-state index in [0.29, 0.717) is 0 Å². The van der Waals surface area contributed by atoms with Crippen molar-refractivity contribution in [3.05, 3.63) is 29.3 Å². The number of thiol groups is 1. The van der Waals surface area contributed by atoms with Gasteiger partial charge in [0.15, 0.2) is 0 Å². The van der Waals surface area contributed by atoms with Gasteiger partial charge in [0, 0.05) is 25.0 Å². The van der Waals surface area contributed by atoms with Crippen molar-refractivity contribution < 1.29 is 0 Å². The molecule has 0 spiro atoms. The number of nitrogens with zero attached hydrogens (tertiary/aromatic N) is 1. The van der Waals surface area contributed by atoms with Crippen molar-refractivity contribution >= 4 is 18.3 Å². The summed E-state index contributed by atoms with van der Waals surface area (Å²) < 4.78 is 0. The van der Waals surface area contributed by atoms with Crippen LogP contribution in [-0.2, 0) is 0 Å². The van der Waals surface area contributed by atoms with Crippen molar-refractivity contribution in [3.63, 3.8) is 0 Å². The van der Waals surface area contributed by atoms with Gasteiger partial charge in [-0.15, -0.1) is 0 Å². The van der Waals surface area contributed by atoms with Crippen LogP contribution in [0, 0.1) is 13.8 Å². The molecule has 1 rings (SSSR count). The number of aryl methyl sites for hydroxylation is 2. The topological polar surface area (TPSA) is 3.24 Å². The SMILES string of the molecule is Cc1ccc(N(C)CCS)c(C)c1. The number of anilines is 1. The average molecular weight is 195 g/mol. The Labute approximate surface area is 86.2 Å². The number of benzene rings is 1. The maximum absolute atomic E-state index is 4.22. The van der Waals surface area contributed by atoms with Crippen molar-refractivity contribution in [1.29, 1.82) is 0 Å². The molecule has 0 atom stereocenters. The molecule has 1 aromatic carbocycles. The fourth-order valence-electron chi connectivity index (χ4n) is 1.50. The Kier molecular flexibility index (Phi) is 3.67. The maximum atomic E-state index is 4.22. The highest BCUT2D eigenvalue weighted by Gasteiger charge is 2.02. The maximum Gasteiger partial charge on any atom is 0.0393 e. The quantitative estimate of drug-likeness (QED) is 0.726. The summed E-state index contributed by atoms with van der Waals surface area (Å²) in [6, 6.07) is 6.54. The molecule has 1 nitrogen and oxygen atoms in total. The fraction of sp³-hybridized carbons (Fsp3) is 0.455. The van der Waals surface area contributed by atoms with Crippen molar-refractivity contribution in [3.8, 4) is 0 Å². The molecule has 1 aromatic rings. The van der Waals surface area contributed by atoms with Gasteiger partial charge in [-0.05, 0) is 25.5 Å². The van der Waals surface area contributed by atoms with Gasteiger partial charge < -0.3 is 4.90 Å². The number of hydrogen-bond donors (Lipinski definition) is 1. The average Bonchev–Trinajstić information content (AvgIpc) is 2.04. The predicted octanol–water partition coefficient (Wildman–Crippen LogP) is 2.67. The standard InChI is InChI=1S/C11H17NS/c1-9-4-5-11(10(2)8-9)12(3)6-7-13/h4-5,8,13H,6-7H2,1-3H3. The van der Waals surface area contributed by atoms with E-state index in [-0.39, 0.29) is 0 Å².